The van der Waals surface area contributed by atoms with Crippen LogP contribution in [0.3, 0.4) is 0 Å². The molecule has 0 saturated heterocycles. The Hall–Kier alpha value is -2.59. The van der Waals surface area contributed by atoms with Crippen LogP contribution in [0, 0.1) is 13.8 Å². The molecule has 0 aliphatic rings. The van der Waals surface area contributed by atoms with Gasteiger partial charge in [-0.15, -0.1) is 0 Å². The molecule has 0 saturated carbocycles. The number of hydrogen-bond donors (Lipinski definition) is 2. The number of halogens is 1. The van der Waals surface area contributed by atoms with E-state index in [2.05, 4.69) is 53.4 Å². The molecule has 128 valence electrons. The van der Waals surface area contributed by atoms with Gasteiger partial charge in [0.15, 0.2) is 0 Å². The molecule has 5 heteroatoms. The molecule has 0 unspecified atom stereocenters. The predicted molar refractivity (Wildman–Crippen MR) is 105 cm³/mol. The molecule has 0 fully saturated rings. The van der Waals surface area contributed by atoms with Crippen molar-refractivity contribution in [2.75, 3.05) is 17.6 Å². The molecule has 3 aromatic rings. The minimum absolute atomic E-state index is 0.266. The van der Waals surface area contributed by atoms with Crippen LogP contribution in [0.15, 0.2) is 48.5 Å². The summed E-state index contributed by atoms with van der Waals surface area (Å²) in [6.07, 6.45) is 0.851. The number of hydrogen-bond acceptors (Lipinski definition) is 4. The van der Waals surface area contributed by atoms with Crippen molar-refractivity contribution in [3.63, 3.8) is 0 Å². The molecule has 4 nitrogen and oxygen atoms in total. The smallest absolute Gasteiger partial charge is 0.222 e. The molecule has 25 heavy (non-hydrogen) atoms. The first kappa shape index (κ1) is 17.2. The van der Waals surface area contributed by atoms with Crippen molar-refractivity contribution in [1.82, 2.24) is 9.97 Å². The van der Waals surface area contributed by atoms with Crippen molar-refractivity contribution in [3.05, 3.63) is 70.2 Å². The fourth-order valence-electron chi connectivity index (χ4n) is 2.85. The van der Waals surface area contributed by atoms with Gasteiger partial charge in [-0.3, -0.25) is 0 Å². The molecule has 0 aliphatic heterocycles. The zero-order valence-corrected chi connectivity index (χ0v) is 15.1. The molecule has 3 N–H and O–H groups in total. The van der Waals surface area contributed by atoms with Gasteiger partial charge in [-0.25, -0.2) is 4.98 Å². The van der Waals surface area contributed by atoms with Crippen LogP contribution < -0.4 is 11.1 Å². The molecule has 0 spiro atoms. The summed E-state index contributed by atoms with van der Waals surface area (Å²) in [6.45, 7) is 4.89. The molecule has 0 amide bonds. The van der Waals surface area contributed by atoms with E-state index in [9.17, 15) is 0 Å². The summed E-state index contributed by atoms with van der Waals surface area (Å²) < 4.78 is 0. The molecular weight excluding hydrogens is 332 g/mol. The van der Waals surface area contributed by atoms with Gasteiger partial charge in [0.2, 0.25) is 5.95 Å². The number of nitrogens with two attached hydrogens (primary N) is 1. The Morgan fingerprint density at radius 3 is 2.48 bits per heavy atom. The Bertz CT molecular complexity index is 872. The van der Waals surface area contributed by atoms with Gasteiger partial charge in [0.25, 0.3) is 0 Å². The highest BCUT2D eigenvalue weighted by atomic mass is 35.5. The highest BCUT2D eigenvalue weighted by Gasteiger charge is 2.06. The molecule has 0 bridgehead atoms. The lowest BCUT2D eigenvalue weighted by Crippen LogP contribution is -2.08. The molecular formula is C20H21ClN4. The fourth-order valence-corrected chi connectivity index (χ4v) is 3.07. The van der Waals surface area contributed by atoms with Crippen molar-refractivity contribution in [2.24, 2.45) is 0 Å². The van der Waals surface area contributed by atoms with Crippen molar-refractivity contribution in [2.45, 2.75) is 20.3 Å². The Kier molecular flexibility index (Phi) is 5.19. The van der Waals surface area contributed by atoms with E-state index in [4.69, 9.17) is 17.3 Å². The lowest BCUT2D eigenvalue weighted by Gasteiger charge is -2.10. The molecule has 3 rings (SSSR count). The maximum Gasteiger partial charge on any atom is 0.222 e. The topological polar surface area (TPSA) is 63.8 Å². The normalized spacial score (nSPS) is 10.7. The first-order chi connectivity index (χ1) is 12.0. The number of nitrogen functional groups attached to an aromatic ring is 1. The van der Waals surface area contributed by atoms with Crippen LogP contribution in [0.2, 0.25) is 5.02 Å². The summed E-state index contributed by atoms with van der Waals surface area (Å²) in [4.78, 5) is 8.66. The van der Waals surface area contributed by atoms with Crippen LogP contribution in [0.25, 0.3) is 11.3 Å². The van der Waals surface area contributed by atoms with E-state index in [0.717, 1.165) is 35.1 Å². The van der Waals surface area contributed by atoms with Crippen LogP contribution in [0.4, 0.5) is 11.8 Å². The summed E-state index contributed by atoms with van der Waals surface area (Å²) in [7, 11) is 0. The van der Waals surface area contributed by atoms with E-state index < -0.39 is 0 Å². The van der Waals surface area contributed by atoms with Gasteiger partial charge in [0, 0.05) is 23.2 Å². The summed E-state index contributed by atoms with van der Waals surface area (Å²) in [6, 6.07) is 16.1. The SMILES string of the molecule is Cc1cc(C)cc(-c2cc(NCCc3cccc(Cl)c3)nc(N)n2)c1. The lowest BCUT2D eigenvalue weighted by molar-refractivity contribution is 1.00. The van der Waals surface area contributed by atoms with Gasteiger partial charge in [0.1, 0.15) is 5.82 Å². The Morgan fingerprint density at radius 2 is 1.76 bits per heavy atom. The second kappa shape index (κ2) is 7.53. The number of nitrogens with zero attached hydrogens (tertiary/aromatic N) is 2. The van der Waals surface area contributed by atoms with Gasteiger partial charge < -0.3 is 11.1 Å². The number of nitrogens with one attached hydrogen (secondary N) is 1. The maximum atomic E-state index is 6.02. The van der Waals surface area contributed by atoms with Gasteiger partial charge >= 0.3 is 0 Å². The summed E-state index contributed by atoms with van der Waals surface area (Å²) in [5, 5.41) is 4.07. The van der Waals surface area contributed by atoms with E-state index in [1.165, 1.54) is 16.7 Å². The molecule has 0 aliphatic carbocycles. The summed E-state index contributed by atoms with van der Waals surface area (Å²) >= 11 is 6.02. The largest absolute Gasteiger partial charge is 0.370 e. The number of benzene rings is 2. The highest BCUT2D eigenvalue weighted by Crippen LogP contribution is 2.23. The van der Waals surface area contributed by atoms with E-state index in [1.54, 1.807) is 0 Å². The quantitative estimate of drug-likeness (QED) is 0.701. The van der Waals surface area contributed by atoms with Crippen molar-refractivity contribution < 1.29 is 0 Å². The van der Waals surface area contributed by atoms with Gasteiger partial charge in [-0.1, -0.05) is 40.9 Å². The second-order valence-corrected chi connectivity index (χ2v) is 6.62. The predicted octanol–water partition coefficient (Wildman–Crippen LogP) is 4.65. The summed E-state index contributed by atoms with van der Waals surface area (Å²) in [5.74, 6) is 0.991. The van der Waals surface area contributed by atoms with Crippen molar-refractivity contribution in [1.29, 1.82) is 0 Å². The maximum absolute atomic E-state index is 6.02. The van der Waals surface area contributed by atoms with Gasteiger partial charge in [0.05, 0.1) is 5.69 Å². The van der Waals surface area contributed by atoms with E-state index >= 15 is 0 Å². The highest BCUT2D eigenvalue weighted by molar-refractivity contribution is 6.30. The van der Waals surface area contributed by atoms with E-state index in [1.807, 2.05) is 24.3 Å². The third-order valence-electron chi connectivity index (χ3n) is 3.87. The Labute approximate surface area is 153 Å². The molecule has 2 aromatic carbocycles. The zero-order chi connectivity index (χ0) is 17.8. The lowest BCUT2D eigenvalue weighted by atomic mass is 10.0. The van der Waals surface area contributed by atoms with Gasteiger partial charge in [-0.05, 0) is 50.1 Å². The molecule has 0 radical (unpaired) electrons. The summed E-state index contributed by atoms with van der Waals surface area (Å²) in [5.41, 5.74) is 11.3. The van der Waals surface area contributed by atoms with E-state index in [-0.39, 0.29) is 5.95 Å². The third-order valence-corrected chi connectivity index (χ3v) is 4.10. The van der Waals surface area contributed by atoms with Crippen LogP contribution in [-0.4, -0.2) is 16.5 Å². The van der Waals surface area contributed by atoms with Crippen molar-refractivity contribution >= 4 is 23.4 Å². The fraction of sp³-hybridized carbons (Fsp3) is 0.200. The number of anilines is 2. The van der Waals surface area contributed by atoms with Crippen LogP contribution in [-0.2, 0) is 6.42 Å². The standard InChI is InChI=1S/C20H21ClN4/c1-13-8-14(2)10-16(9-13)18-12-19(25-20(22)24-18)23-7-6-15-4-3-5-17(21)11-15/h3-5,8-12H,6-7H2,1-2H3,(H3,22,23,24,25). The molecule has 1 heterocycles. The monoisotopic (exact) mass is 352 g/mol. The molecule has 1 aromatic heterocycles. The third kappa shape index (κ3) is 4.70. The minimum atomic E-state index is 0.266. The van der Waals surface area contributed by atoms with Crippen LogP contribution in [0.5, 0.6) is 0 Å². The minimum Gasteiger partial charge on any atom is -0.370 e. The zero-order valence-electron chi connectivity index (χ0n) is 14.4. The van der Waals surface area contributed by atoms with Crippen molar-refractivity contribution in [3.8, 4) is 11.3 Å². The second-order valence-electron chi connectivity index (χ2n) is 6.18. The average molecular weight is 353 g/mol. The first-order valence-corrected chi connectivity index (χ1v) is 8.59. The molecule has 0 atom stereocenters. The number of aryl methyl sites for hydroxylation is 2. The van der Waals surface area contributed by atoms with Crippen LogP contribution in [0.1, 0.15) is 16.7 Å². The Morgan fingerprint density at radius 1 is 1.00 bits per heavy atom. The van der Waals surface area contributed by atoms with Gasteiger partial charge in [-0.2, -0.15) is 4.98 Å². The van der Waals surface area contributed by atoms with E-state index in [0.29, 0.717) is 0 Å². The first-order valence-electron chi connectivity index (χ1n) is 8.21. The Balaban J connectivity index is 1.75. The van der Waals surface area contributed by atoms with Crippen LogP contribution >= 0.6 is 11.6 Å². The number of rotatable bonds is 5. The average Bonchev–Trinajstić information content (AvgIpc) is 2.53. The number of aromatic nitrogens is 2.